The van der Waals surface area contributed by atoms with Gasteiger partial charge in [-0.25, -0.2) is 4.79 Å². The van der Waals surface area contributed by atoms with Crippen LogP contribution in [0.4, 0.5) is 4.79 Å². The summed E-state index contributed by atoms with van der Waals surface area (Å²) in [5.74, 6) is -1.45. The van der Waals surface area contributed by atoms with Crippen molar-refractivity contribution in [1.82, 2.24) is 5.32 Å². The summed E-state index contributed by atoms with van der Waals surface area (Å²) in [6.45, 7) is 5.32. The molecule has 2 N–H and O–H groups in total. The lowest BCUT2D eigenvalue weighted by atomic mass is 9.82. The number of carboxylic acids is 1. The Labute approximate surface area is 130 Å². The molecular weight excluding hydrogens is 290 g/mol. The van der Waals surface area contributed by atoms with E-state index < -0.39 is 24.3 Å². The fourth-order valence-corrected chi connectivity index (χ4v) is 2.36. The molecule has 0 heterocycles. The quantitative estimate of drug-likeness (QED) is 0.575. The zero-order chi connectivity index (χ0) is 16.7. The average molecular weight is 315 g/mol. The second-order valence-corrected chi connectivity index (χ2v) is 6.00. The molecule has 1 aliphatic rings. The summed E-state index contributed by atoms with van der Waals surface area (Å²) < 4.78 is 9.86. The zero-order valence-electron chi connectivity index (χ0n) is 13.3. The highest BCUT2D eigenvalue weighted by Crippen LogP contribution is 2.28. The molecule has 22 heavy (non-hydrogen) atoms. The highest BCUT2D eigenvalue weighted by atomic mass is 16.7. The van der Waals surface area contributed by atoms with E-state index in [-0.39, 0.29) is 17.8 Å². The topological polar surface area (TPSA) is 102 Å². The van der Waals surface area contributed by atoms with E-state index in [2.05, 4.69) is 5.32 Å². The predicted molar refractivity (Wildman–Crippen MR) is 78.0 cm³/mol. The van der Waals surface area contributed by atoms with Gasteiger partial charge >= 0.3 is 18.0 Å². The van der Waals surface area contributed by atoms with Crippen molar-refractivity contribution >= 4 is 18.0 Å². The molecule has 1 unspecified atom stereocenters. The molecule has 1 atom stereocenters. The van der Waals surface area contributed by atoms with Crippen LogP contribution in [0.1, 0.15) is 46.5 Å². The van der Waals surface area contributed by atoms with Crippen LogP contribution >= 0.6 is 0 Å². The standard InChI is InChI=1S/C15H25NO6/c1-9(2)14(19)21-10(3)22-15(20)16-8-11-4-6-12(7-5-11)13(17)18/h9-12H,4-8H2,1-3H3,(H,16,20)(H,17,18)/t10?,11-,12-. The van der Waals surface area contributed by atoms with Crippen LogP contribution in [0.3, 0.4) is 0 Å². The Morgan fingerprint density at radius 3 is 2.18 bits per heavy atom. The van der Waals surface area contributed by atoms with Crippen LogP contribution in [-0.2, 0) is 19.1 Å². The van der Waals surface area contributed by atoms with Crippen LogP contribution in [-0.4, -0.2) is 36.0 Å². The van der Waals surface area contributed by atoms with Gasteiger partial charge in [0, 0.05) is 13.5 Å². The van der Waals surface area contributed by atoms with Crippen LogP contribution in [0, 0.1) is 17.8 Å². The first-order valence-electron chi connectivity index (χ1n) is 7.67. The Morgan fingerprint density at radius 1 is 1.09 bits per heavy atom. The lowest BCUT2D eigenvalue weighted by molar-refractivity contribution is -0.168. The van der Waals surface area contributed by atoms with E-state index >= 15 is 0 Å². The Hall–Kier alpha value is -1.79. The molecule has 0 aliphatic heterocycles. The van der Waals surface area contributed by atoms with Crippen LogP contribution in [0.25, 0.3) is 0 Å². The van der Waals surface area contributed by atoms with Crippen molar-refractivity contribution in [3.63, 3.8) is 0 Å². The number of alkyl carbamates (subject to hydrolysis) is 1. The lowest BCUT2D eigenvalue weighted by Gasteiger charge is -2.26. The van der Waals surface area contributed by atoms with E-state index in [1.54, 1.807) is 13.8 Å². The summed E-state index contributed by atoms with van der Waals surface area (Å²) in [6.07, 6.45) is 1.25. The summed E-state index contributed by atoms with van der Waals surface area (Å²) in [7, 11) is 0. The number of amides is 1. The second-order valence-electron chi connectivity index (χ2n) is 6.00. The normalized spacial score (nSPS) is 22.7. The van der Waals surface area contributed by atoms with Crippen molar-refractivity contribution < 1.29 is 29.0 Å². The molecule has 7 heteroatoms. The maximum absolute atomic E-state index is 11.6. The van der Waals surface area contributed by atoms with E-state index in [1.807, 2.05) is 0 Å². The summed E-state index contributed by atoms with van der Waals surface area (Å²) in [5, 5.41) is 11.6. The third-order valence-corrected chi connectivity index (χ3v) is 3.76. The molecule has 1 saturated carbocycles. The fraction of sp³-hybridized carbons (Fsp3) is 0.800. The molecule has 0 radical (unpaired) electrons. The number of rotatable bonds is 6. The van der Waals surface area contributed by atoms with Gasteiger partial charge in [-0.15, -0.1) is 0 Å². The molecule has 7 nitrogen and oxygen atoms in total. The number of carboxylic acid groups (broad SMARTS) is 1. The van der Waals surface area contributed by atoms with Crippen molar-refractivity contribution in [3.05, 3.63) is 0 Å². The van der Waals surface area contributed by atoms with Crippen molar-refractivity contribution in [2.75, 3.05) is 6.54 Å². The molecule has 1 aliphatic carbocycles. The van der Waals surface area contributed by atoms with Gasteiger partial charge in [-0.05, 0) is 31.6 Å². The fourth-order valence-electron chi connectivity index (χ4n) is 2.36. The van der Waals surface area contributed by atoms with E-state index in [0.29, 0.717) is 19.4 Å². The Kier molecular flexibility index (Phi) is 7.14. The Balaban J connectivity index is 2.21. The van der Waals surface area contributed by atoms with Crippen molar-refractivity contribution in [3.8, 4) is 0 Å². The van der Waals surface area contributed by atoms with Gasteiger partial charge in [-0.3, -0.25) is 9.59 Å². The zero-order valence-corrected chi connectivity index (χ0v) is 13.3. The molecule has 1 amide bonds. The third kappa shape index (κ3) is 6.32. The van der Waals surface area contributed by atoms with Gasteiger partial charge in [0.05, 0.1) is 11.8 Å². The number of hydrogen-bond donors (Lipinski definition) is 2. The molecule has 126 valence electrons. The van der Waals surface area contributed by atoms with Gasteiger partial charge in [-0.1, -0.05) is 13.8 Å². The molecule has 0 aromatic carbocycles. The Bertz CT molecular complexity index is 401. The van der Waals surface area contributed by atoms with Crippen LogP contribution in [0.2, 0.25) is 0 Å². The SMILES string of the molecule is CC(OC(=O)NC[C@H]1CC[C@H](C(=O)O)CC1)OC(=O)C(C)C. The first kappa shape index (κ1) is 18.3. The summed E-state index contributed by atoms with van der Waals surface area (Å²) in [5.41, 5.74) is 0. The molecule has 0 bridgehead atoms. The van der Waals surface area contributed by atoms with E-state index in [0.717, 1.165) is 12.8 Å². The van der Waals surface area contributed by atoms with Crippen molar-refractivity contribution in [1.29, 1.82) is 0 Å². The number of ether oxygens (including phenoxy) is 2. The minimum Gasteiger partial charge on any atom is -0.481 e. The van der Waals surface area contributed by atoms with E-state index in [4.69, 9.17) is 14.6 Å². The molecule has 1 rings (SSSR count). The number of aliphatic carboxylic acids is 1. The summed E-state index contributed by atoms with van der Waals surface area (Å²) in [6, 6.07) is 0. The third-order valence-electron chi connectivity index (χ3n) is 3.76. The minimum atomic E-state index is -0.933. The number of nitrogens with one attached hydrogen (secondary N) is 1. The molecule has 0 saturated heterocycles. The maximum atomic E-state index is 11.6. The molecule has 1 fully saturated rings. The molecule has 0 aromatic heterocycles. The molecule has 0 aromatic rings. The van der Waals surface area contributed by atoms with Crippen LogP contribution in [0.15, 0.2) is 0 Å². The summed E-state index contributed by atoms with van der Waals surface area (Å²) in [4.78, 5) is 33.8. The number of carbonyl (C=O) groups excluding carboxylic acids is 2. The number of carbonyl (C=O) groups is 3. The average Bonchev–Trinajstić information content (AvgIpc) is 2.45. The van der Waals surface area contributed by atoms with Crippen LogP contribution in [0.5, 0.6) is 0 Å². The van der Waals surface area contributed by atoms with Crippen LogP contribution < -0.4 is 5.32 Å². The lowest BCUT2D eigenvalue weighted by Crippen LogP contribution is -2.35. The smallest absolute Gasteiger partial charge is 0.410 e. The number of hydrogen-bond acceptors (Lipinski definition) is 5. The monoisotopic (exact) mass is 315 g/mol. The summed E-state index contributed by atoms with van der Waals surface area (Å²) >= 11 is 0. The van der Waals surface area contributed by atoms with Gasteiger partial charge in [0.15, 0.2) is 0 Å². The molecular formula is C15H25NO6. The minimum absolute atomic E-state index is 0.261. The van der Waals surface area contributed by atoms with Gasteiger partial charge in [0.1, 0.15) is 0 Å². The molecule has 0 spiro atoms. The van der Waals surface area contributed by atoms with Gasteiger partial charge in [0.25, 0.3) is 0 Å². The van der Waals surface area contributed by atoms with Crippen molar-refractivity contribution in [2.24, 2.45) is 17.8 Å². The second kappa shape index (κ2) is 8.60. The maximum Gasteiger partial charge on any atom is 0.410 e. The van der Waals surface area contributed by atoms with Gasteiger partial charge < -0.3 is 19.9 Å². The predicted octanol–water partition coefficient (Wildman–Crippen LogP) is 2.15. The highest BCUT2D eigenvalue weighted by Gasteiger charge is 2.26. The number of esters is 1. The van der Waals surface area contributed by atoms with Gasteiger partial charge in [0.2, 0.25) is 6.29 Å². The Morgan fingerprint density at radius 2 is 1.68 bits per heavy atom. The van der Waals surface area contributed by atoms with E-state index in [1.165, 1.54) is 6.92 Å². The first-order valence-corrected chi connectivity index (χ1v) is 7.67. The first-order chi connectivity index (χ1) is 10.3. The highest BCUT2D eigenvalue weighted by molar-refractivity contribution is 5.72. The van der Waals surface area contributed by atoms with Gasteiger partial charge in [-0.2, -0.15) is 0 Å². The largest absolute Gasteiger partial charge is 0.481 e. The van der Waals surface area contributed by atoms with E-state index in [9.17, 15) is 14.4 Å². The van der Waals surface area contributed by atoms with Crippen molar-refractivity contribution in [2.45, 2.75) is 52.7 Å².